The lowest BCUT2D eigenvalue weighted by atomic mass is 10.1. The molecule has 0 radical (unpaired) electrons. The minimum atomic E-state index is -0.327. The molecule has 0 spiro atoms. The van der Waals surface area contributed by atoms with Crippen LogP contribution in [0.15, 0.2) is 60.7 Å². The van der Waals surface area contributed by atoms with Crippen molar-refractivity contribution in [2.24, 2.45) is 0 Å². The van der Waals surface area contributed by atoms with Crippen LogP contribution in [-0.4, -0.2) is 186 Å². The number of esters is 2. The Labute approximate surface area is 457 Å². The number of rotatable bonds is 43. The summed E-state index contributed by atoms with van der Waals surface area (Å²) in [6, 6.07) is 19.4. The molecule has 0 atom stereocenters. The van der Waals surface area contributed by atoms with Crippen LogP contribution in [0.2, 0.25) is 0 Å². The van der Waals surface area contributed by atoms with E-state index < -0.39 is 0 Å². The summed E-state index contributed by atoms with van der Waals surface area (Å²) in [6.45, 7) is 16.1. The third-order valence-electron chi connectivity index (χ3n) is 12.7. The van der Waals surface area contributed by atoms with Crippen LogP contribution in [0, 0.1) is 13.8 Å². The Hall–Kier alpha value is -4.89. The van der Waals surface area contributed by atoms with Gasteiger partial charge < -0.3 is 72.0 Å². The van der Waals surface area contributed by atoms with Gasteiger partial charge in [0.2, 0.25) is 5.75 Å². The predicted octanol–water partition coefficient (Wildman–Crippen LogP) is 7.30. The summed E-state index contributed by atoms with van der Waals surface area (Å²) in [6.07, 6.45) is 9.92. The summed E-state index contributed by atoms with van der Waals surface area (Å²) < 4.78 is 69.6. The molecule has 18 nitrogen and oxygen atoms in total. The van der Waals surface area contributed by atoms with E-state index in [4.69, 9.17) is 56.8 Å². The van der Waals surface area contributed by atoms with Crippen molar-refractivity contribution in [2.45, 2.75) is 91.2 Å². The first-order valence-corrected chi connectivity index (χ1v) is 28.1. The second-order valence-corrected chi connectivity index (χ2v) is 19.2. The van der Waals surface area contributed by atoms with Gasteiger partial charge in [-0.15, -0.1) is 0 Å². The van der Waals surface area contributed by atoms with Crippen molar-refractivity contribution in [3.8, 4) is 17.2 Å². The highest BCUT2D eigenvalue weighted by Gasteiger charge is 2.20. The van der Waals surface area contributed by atoms with Crippen LogP contribution in [0.4, 0.5) is 0 Å². The van der Waals surface area contributed by atoms with Gasteiger partial charge in [0.1, 0.15) is 33.0 Å². The summed E-state index contributed by atoms with van der Waals surface area (Å²) in [4.78, 5) is 43.0. The second-order valence-electron chi connectivity index (χ2n) is 19.2. The average Bonchev–Trinajstić information content (AvgIpc) is 3.44. The molecular weight excluding hydrogens is 991 g/mol. The molecule has 2 aliphatic rings. The van der Waals surface area contributed by atoms with Crippen molar-refractivity contribution in [3.63, 3.8) is 0 Å². The standard InChI is InChI=1S/C59H89N3O15/c1-49-42-50(2)44-52(43-49)47-60-59(65)53-45-54(73-37-32-67-26-28-69-34-39-75-56(63)16-12-22-61-18-8-4-9-19-61)58(77-41-36-71-25-24-66-30-31-72-48-51-14-6-3-7-15-51)55(46-53)74-38-33-68-27-29-70-35-40-76-57(64)17-13-23-62-20-10-5-11-21-62/h3,6-7,14-15,42-46H,4-5,8-13,16-41,47-48H2,1-2H3,(H,60,65). The Morgan fingerprint density at radius 1 is 0.455 bits per heavy atom. The van der Waals surface area contributed by atoms with Crippen LogP contribution >= 0.6 is 0 Å². The van der Waals surface area contributed by atoms with Crippen LogP contribution in [0.25, 0.3) is 0 Å². The molecule has 2 aliphatic heterocycles. The lowest BCUT2D eigenvalue weighted by Crippen LogP contribution is -2.30. The van der Waals surface area contributed by atoms with Crippen molar-refractivity contribution >= 4 is 17.8 Å². The van der Waals surface area contributed by atoms with Crippen molar-refractivity contribution in [3.05, 3.63) is 88.5 Å². The van der Waals surface area contributed by atoms with Gasteiger partial charge in [-0.05, 0) is 115 Å². The molecule has 2 fully saturated rings. The number of aryl methyl sites for hydroxylation is 2. The molecular formula is C59H89N3O15. The average molecular weight is 1080 g/mol. The monoisotopic (exact) mass is 1080 g/mol. The molecule has 0 aromatic heterocycles. The molecule has 5 rings (SSSR count). The van der Waals surface area contributed by atoms with E-state index >= 15 is 0 Å². The first-order valence-electron chi connectivity index (χ1n) is 28.1. The largest absolute Gasteiger partial charge is 0.487 e. The van der Waals surface area contributed by atoms with Gasteiger partial charge in [-0.1, -0.05) is 72.5 Å². The van der Waals surface area contributed by atoms with E-state index in [1.807, 2.05) is 56.3 Å². The molecule has 430 valence electrons. The number of nitrogens with one attached hydrogen (secondary N) is 1. The molecule has 0 aliphatic carbocycles. The van der Waals surface area contributed by atoms with Crippen LogP contribution < -0.4 is 19.5 Å². The van der Waals surface area contributed by atoms with E-state index in [-0.39, 0.29) is 95.4 Å². The van der Waals surface area contributed by atoms with Gasteiger partial charge >= 0.3 is 11.9 Å². The van der Waals surface area contributed by atoms with Gasteiger partial charge in [0, 0.05) is 24.9 Å². The molecule has 0 bridgehead atoms. The zero-order valence-electron chi connectivity index (χ0n) is 46.2. The lowest BCUT2D eigenvalue weighted by molar-refractivity contribution is -0.146. The predicted molar refractivity (Wildman–Crippen MR) is 292 cm³/mol. The number of piperidine rings is 2. The van der Waals surface area contributed by atoms with Crippen LogP contribution in [-0.2, 0) is 65.4 Å². The summed E-state index contributed by atoms with van der Waals surface area (Å²) in [7, 11) is 0. The topological polar surface area (TPSA) is 180 Å². The molecule has 3 aromatic carbocycles. The van der Waals surface area contributed by atoms with E-state index in [1.165, 1.54) is 38.5 Å². The molecule has 18 heteroatoms. The molecule has 77 heavy (non-hydrogen) atoms. The highest BCUT2D eigenvalue weighted by Crippen LogP contribution is 2.39. The quantitative estimate of drug-likeness (QED) is 0.0440. The number of likely N-dealkylation sites (tertiary alicyclic amines) is 2. The first-order chi connectivity index (χ1) is 37.8. The van der Waals surface area contributed by atoms with Gasteiger partial charge in [-0.25, -0.2) is 0 Å². The van der Waals surface area contributed by atoms with Gasteiger partial charge in [-0.2, -0.15) is 0 Å². The fraction of sp³-hybridized carbons (Fsp3) is 0.644. The Morgan fingerprint density at radius 2 is 0.870 bits per heavy atom. The number of hydrogen-bond donors (Lipinski definition) is 1. The van der Waals surface area contributed by atoms with Crippen LogP contribution in [0.3, 0.4) is 0 Å². The van der Waals surface area contributed by atoms with E-state index in [0.717, 1.165) is 74.4 Å². The summed E-state index contributed by atoms with van der Waals surface area (Å²) in [5.41, 5.74) is 4.61. The van der Waals surface area contributed by atoms with Crippen molar-refractivity contribution in [1.82, 2.24) is 15.1 Å². The van der Waals surface area contributed by atoms with Crippen LogP contribution in [0.5, 0.6) is 17.2 Å². The van der Waals surface area contributed by atoms with Crippen molar-refractivity contribution in [2.75, 3.05) is 158 Å². The van der Waals surface area contributed by atoms with E-state index in [1.54, 1.807) is 12.1 Å². The molecule has 0 unspecified atom stereocenters. The molecule has 1 amide bonds. The lowest BCUT2D eigenvalue weighted by Gasteiger charge is -2.26. The highest BCUT2D eigenvalue weighted by atomic mass is 16.6. The molecule has 2 saturated heterocycles. The van der Waals surface area contributed by atoms with E-state index in [2.05, 4.69) is 21.2 Å². The smallest absolute Gasteiger partial charge is 0.305 e. The zero-order valence-corrected chi connectivity index (χ0v) is 46.2. The maximum Gasteiger partial charge on any atom is 0.305 e. The maximum atomic E-state index is 13.8. The number of ether oxygens (including phenoxy) is 12. The van der Waals surface area contributed by atoms with Crippen molar-refractivity contribution in [1.29, 1.82) is 0 Å². The normalized spacial score (nSPS) is 14.1. The molecule has 2 heterocycles. The molecule has 1 N–H and O–H groups in total. The summed E-state index contributed by atoms with van der Waals surface area (Å²) in [5.74, 6) is 0.126. The molecule has 0 saturated carbocycles. The van der Waals surface area contributed by atoms with E-state index in [9.17, 15) is 14.4 Å². The number of hydrogen-bond acceptors (Lipinski definition) is 17. The SMILES string of the molecule is Cc1cc(C)cc(CNC(=O)c2cc(OCCOCCOCCOC(=O)CCCN3CCCCC3)c(OCCOCCOCCOCc3ccccc3)c(OCCOCCOCCOC(=O)CCCN3CCCCC3)c2)c1. The number of benzene rings is 3. The Morgan fingerprint density at radius 3 is 1.34 bits per heavy atom. The van der Waals surface area contributed by atoms with Gasteiger partial charge in [0.05, 0.1) is 92.5 Å². The van der Waals surface area contributed by atoms with Gasteiger partial charge in [-0.3, -0.25) is 14.4 Å². The third-order valence-corrected chi connectivity index (χ3v) is 12.7. The summed E-state index contributed by atoms with van der Waals surface area (Å²) in [5, 5.41) is 3.04. The van der Waals surface area contributed by atoms with E-state index in [0.29, 0.717) is 90.2 Å². The Kier molecular flexibility index (Phi) is 33.0. The summed E-state index contributed by atoms with van der Waals surface area (Å²) >= 11 is 0. The number of carbonyl (C=O) groups excluding carboxylic acids is 3. The number of carbonyl (C=O) groups is 3. The second kappa shape index (κ2) is 40.3. The fourth-order valence-corrected chi connectivity index (χ4v) is 8.82. The minimum Gasteiger partial charge on any atom is -0.487 e. The number of nitrogens with zero attached hydrogens (tertiary/aromatic N) is 2. The third kappa shape index (κ3) is 29.1. The maximum absolute atomic E-state index is 13.8. The van der Waals surface area contributed by atoms with Gasteiger partial charge in [0.25, 0.3) is 5.91 Å². The fourth-order valence-electron chi connectivity index (χ4n) is 8.82. The highest BCUT2D eigenvalue weighted by molar-refractivity contribution is 5.95. The Bertz CT molecular complexity index is 1950. The first kappa shape index (κ1) is 62.9. The molecule has 3 aromatic rings. The number of amides is 1. The van der Waals surface area contributed by atoms with Crippen molar-refractivity contribution < 1.29 is 71.2 Å². The Balaban J connectivity index is 1.08. The van der Waals surface area contributed by atoms with Crippen LogP contribution in [0.1, 0.15) is 96.8 Å². The minimum absolute atomic E-state index is 0.127. The van der Waals surface area contributed by atoms with Gasteiger partial charge in [0.15, 0.2) is 11.5 Å². The zero-order chi connectivity index (χ0) is 54.2.